The fourth-order valence-corrected chi connectivity index (χ4v) is 6.17. The molecule has 0 bridgehead atoms. The highest BCUT2D eigenvalue weighted by Gasteiger charge is 2.33. The molecule has 9 heteroatoms. The fraction of sp³-hybridized carbons (Fsp3) is 0.321. The SMILES string of the molecule is CN(Cc1ccc(-c2ccccc2S(N)(=O)=O)cc1)CC1CCCC1C(=O)NCc1ccc(Cl)c(Cl)c1. The van der Waals surface area contributed by atoms with Crippen LogP contribution in [0.25, 0.3) is 11.1 Å². The first-order valence-electron chi connectivity index (χ1n) is 12.2. The second kappa shape index (κ2) is 12.0. The largest absolute Gasteiger partial charge is 0.352 e. The maximum Gasteiger partial charge on any atom is 0.238 e. The van der Waals surface area contributed by atoms with E-state index in [0.29, 0.717) is 28.1 Å². The highest BCUT2D eigenvalue weighted by atomic mass is 35.5. The van der Waals surface area contributed by atoms with Crippen LogP contribution in [0.4, 0.5) is 0 Å². The molecule has 0 heterocycles. The van der Waals surface area contributed by atoms with Gasteiger partial charge in [-0.25, -0.2) is 13.6 Å². The summed E-state index contributed by atoms with van der Waals surface area (Å²) in [4.78, 5) is 15.3. The van der Waals surface area contributed by atoms with E-state index in [1.807, 2.05) is 30.3 Å². The van der Waals surface area contributed by atoms with Gasteiger partial charge in [0, 0.05) is 31.1 Å². The molecule has 2 unspecified atom stereocenters. The maximum absolute atomic E-state index is 13.0. The van der Waals surface area contributed by atoms with Gasteiger partial charge in [0.25, 0.3) is 0 Å². The molecule has 0 saturated heterocycles. The van der Waals surface area contributed by atoms with Crippen LogP contribution in [-0.2, 0) is 27.9 Å². The summed E-state index contributed by atoms with van der Waals surface area (Å²) < 4.78 is 23.9. The predicted molar refractivity (Wildman–Crippen MR) is 149 cm³/mol. The third kappa shape index (κ3) is 7.12. The van der Waals surface area contributed by atoms with Crippen LogP contribution in [0.5, 0.6) is 0 Å². The van der Waals surface area contributed by atoms with Gasteiger partial charge >= 0.3 is 0 Å². The van der Waals surface area contributed by atoms with Crippen molar-refractivity contribution in [1.29, 1.82) is 0 Å². The van der Waals surface area contributed by atoms with E-state index in [1.54, 1.807) is 30.3 Å². The molecule has 0 spiro atoms. The van der Waals surface area contributed by atoms with Crippen LogP contribution >= 0.6 is 23.2 Å². The number of halogens is 2. The molecule has 1 aliphatic rings. The monoisotopic (exact) mass is 559 g/mol. The summed E-state index contributed by atoms with van der Waals surface area (Å²) in [6, 6.07) is 20.0. The van der Waals surface area contributed by atoms with E-state index in [1.165, 1.54) is 6.07 Å². The number of nitrogens with one attached hydrogen (secondary N) is 1. The lowest BCUT2D eigenvalue weighted by molar-refractivity contribution is -0.126. The summed E-state index contributed by atoms with van der Waals surface area (Å²) in [7, 11) is -1.75. The quantitative estimate of drug-likeness (QED) is 0.363. The van der Waals surface area contributed by atoms with Crippen LogP contribution in [-0.4, -0.2) is 32.8 Å². The van der Waals surface area contributed by atoms with Crippen molar-refractivity contribution in [2.45, 2.75) is 37.2 Å². The van der Waals surface area contributed by atoms with Gasteiger partial charge in [0.2, 0.25) is 15.9 Å². The Morgan fingerprint density at radius 3 is 2.41 bits per heavy atom. The maximum atomic E-state index is 13.0. The number of sulfonamides is 1. The number of rotatable bonds is 9. The Morgan fingerprint density at radius 2 is 1.70 bits per heavy atom. The Bertz CT molecular complexity index is 1360. The van der Waals surface area contributed by atoms with Crippen molar-refractivity contribution >= 4 is 39.1 Å². The van der Waals surface area contributed by atoms with Crippen LogP contribution in [0.2, 0.25) is 10.0 Å². The molecule has 37 heavy (non-hydrogen) atoms. The van der Waals surface area contributed by atoms with E-state index >= 15 is 0 Å². The second-order valence-corrected chi connectivity index (χ2v) is 12.0. The van der Waals surface area contributed by atoms with E-state index in [2.05, 4.69) is 17.3 Å². The van der Waals surface area contributed by atoms with Crippen molar-refractivity contribution in [3.63, 3.8) is 0 Å². The molecule has 3 aromatic rings. The first-order valence-corrected chi connectivity index (χ1v) is 14.5. The van der Waals surface area contributed by atoms with Crippen molar-refractivity contribution < 1.29 is 13.2 Å². The molecule has 1 saturated carbocycles. The smallest absolute Gasteiger partial charge is 0.238 e. The van der Waals surface area contributed by atoms with Gasteiger partial charge in [0.15, 0.2) is 0 Å². The van der Waals surface area contributed by atoms with Crippen LogP contribution in [0, 0.1) is 11.8 Å². The van der Waals surface area contributed by atoms with Crippen LogP contribution < -0.4 is 10.5 Å². The second-order valence-electron chi connectivity index (χ2n) is 9.70. The highest BCUT2D eigenvalue weighted by molar-refractivity contribution is 7.89. The molecular weight excluding hydrogens is 529 g/mol. The number of hydrogen-bond acceptors (Lipinski definition) is 4. The van der Waals surface area contributed by atoms with E-state index in [-0.39, 0.29) is 16.7 Å². The molecule has 1 fully saturated rings. The predicted octanol–water partition coefficient (Wildman–Crippen LogP) is 5.47. The first kappa shape index (κ1) is 27.6. The minimum absolute atomic E-state index is 0.0117. The molecular formula is C28H31Cl2N3O3S. The van der Waals surface area contributed by atoms with E-state index in [0.717, 1.165) is 49.0 Å². The van der Waals surface area contributed by atoms with E-state index in [9.17, 15) is 13.2 Å². The topological polar surface area (TPSA) is 92.5 Å². The number of nitrogens with zero attached hydrogens (tertiary/aromatic N) is 1. The zero-order chi connectivity index (χ0) is 26.6. The van der Waals surface area contributed by atoms with Crippen LogP contribution in [0.15, 0.2) is 71.6 Å². The molecule has 1 amide bonds. The van der Waals surface area contributed by atoms with E-state index in [4.69, 9.17) is 28.3 Å². The summed E-state index contributed by atoms with van der Waals surface area (Å²) in [6.07, 6.45) is 2.96. The summed E-state index contributed by atoms with van der Waals surface area (Å²) in [5, 5.41) is 9.43. The van der Waals surface area contributed by atoms with Crippen LogP contribution in [0.1, 0.15) is 30.4 Å². The minimum Gasteiger partial charge on any atom is -0.352 e. The molecule has 196 valence electrons. The number of carbonyl (C=O) groups excluding carboxylic acids is 1. The summed E-state index contributed by atoms with van der Waals surface area (Å²) in [5.74, 6) is 0.363. The molecule has 2 atom stereocenters. The lowest BCUT2D eigenvalue weighted by Gasteiger charge is -2.25. The van der Waals surface area contributed by atoms with Crippen molar-refractivity contribution in [2.24, 2.45) is 17.0 Å². The van der Waals surface area contributed by atoms with Gasteiger partial charge in [-0.2, -0.15) is 0 Å². The van der Waals surface area contributed by atoms with Crippen molar-refractivity contribution in [3.05, 3.63) is 87.9 Å². The Balaban J connectivity index is 1.34. The van der Waals surface area contributed by atoms with Gasteiger partial charge in [-0.15, -0.1) is 0 Å². The zero-order valence-electron chi connectivity index (χ0n) is 20.7. The van der Waals surface area contributed by atoms with Gasteiger partial charge in [0.1, 0.15) is 0 Å². The Morgan fingerprint density at radius 1 is 1.00 bits per heavy atom. The summed E-state index contributed by atoms with van der Waals surface area (Å²) in [6.45, 7) is 1.97. The lowest BCUT2D eigenvalue weighted by Crippen LogP contribution is -2.36. The number of amides is 1. The average Bonchev–Trinajstić information content (AvgIpc) is 3.32. The van der Waals surface area contributed by atoms with Gasteiger partial charge in [-0.05, 0) is 60.7 Å². The molecule has 4 rings (SSSR count). The van der Waals surface area contributed by atoms with Crippen molar-refractivity contribution in [2.75, 3.05) is 13.6 Å². The van der Waals surface area contributed by atoms with E-state index < -0.39 is 10.0 Å². The summed E-state index contributed by atoms with van der Waals surface area (Å²) >= 11 is 12.1. The molecule has 3 N–H and O–H groups in total. The number of nitrogens with two attached hydrogens (primary N) is 1. The molecule has 0 radical (unpaired) electrons. The minimum atomic E-state index is -3.81. The number of primary sulfonamides is 1. The summed E-state index contributed by atoms with van der Waals surface area (Å²) in [5.41, 5.74) is 3.42. The Kier molecular flexibility index (Phi) is 8.93. The van der Waals surface area contributed by atoms with Gasteiger partial charge < -0.3 is 10.2 Å². The third-order valence-corrected chi connectivity index (χ3v) is 8.61. The van der Waals surface area contributed by atoms with Crippen molar-refractivity contribution in [1.82, 2.24) is 10.2 Å². The van der Waals surface area contributed by atoms with Gasteiger partial charge in [-0.3, -0.25) is 4.79 Å². The first-order chi connectivity index (χ1) is 17.6. The van der Waals surface area contributed by atoms with Gasteiger partial charge in [0.05, 0.1) is 14.9 Å². The fourth-order valence-electron chi connectivity index (χ4n) is 5.09. The Labute approximate surface area is 228 Å². The molecule has 0 aromatic heterocycles. The Hall–Kier alpha value is -2.42. The zero-order valence-corrected chi connectivity index (χ0v) is 23.0. The van der Waals surface area contributed by atoms with Gasteiger partial charge in [-0.1, -0.05) is 78.2 Å². The molecule has 1 aliphatic carbocycles. The normalized spacial score (nSPS) is 17.8. The molecule has 6 nitrogen and oxygen atoms in total. The highest BCUT2D eigenvalue weighted by Crippen LogP contribution is 2.33. The number of carbonyl (C=O) groups is 1. The lowest BCUT2D eigenvalue weighted by atomic mass is 9.94. The molecule has 0 aliphatic heterocycles. The van der Waals surface area contributed by atoms with Crippen LogP contribution in [0.3, 0.4) is 0 Å². The molecule has 3 aromatic carbocycles. The van der Waals surface area contributed by atoms with Crippen molar-refractivity contribution in [3.8, 4) is 11.1 Å². The number of hydrogen-bond donors (Lipinski definition) is 2. The number of benzene rings is 3. The average molecular weight is 561 g/mol. The third-order valence-electron chi connectivity index (χ3n) is 6.90. The standard InChI is InChI=1S/C28H31Cl2N3O3S/c1-33(17-19-9-12-21(13-10-19)23-6-2-3-8-27(23)37(31,35)36)18-22-5-4-7-24(22)28(34)32-16-20-11-14-25(29)26(30)15-20/h2-3,6,8-15,22,24H,4-5,7,16-18H2,1H3,(H,32,34)(H2,31,35,36).